The lowest BCUT2D eigenvalue weighted by molar-refractivity contribution is -0.121. The third-order valence-electron chi connectivity index (χ3n) is 3.33. The van der Waals surface area contributed by atoms with Crippen LogP contribution in [0.2, 0.25) is 0 Å². The normalized spacial score (nSPS) is 10.4. The topological polar surface area (TPSA) is 71.3 Å². The number of nitrogens with one attached hydrogen (secondary N) is 2. The van der Waals surface area contributed by atoms with E-state index in [0.29, 0.717) is 5.56 Å². The summed E-state index contributed by atoms with van der Waals surface area (Å²) >= 11 is 0. The molecule has 3 rings (SSSR count). The van der Waals surface area contributed by atoms with Crippen LogP contribution in [0.1, 0.15) is 15.9 Å². The molecule has 0 fully saturated rings. The van der Waals surface area contributed by atoms with Gasteiger partial charge in [0.05, 0.1) is 18.2 Å². The predicted molar refractivity (Wildman–Crippen MR) is 82.0 cm³/mol. The molecule has 1 heterocycles. The molecule has 0 unspecified atom stereocenters. The molecule has 0 radical (unpaired) electrons. The van der Waals surface area contributed by atoms with E-state index in [1.54, 1.807) is 0 Å². The first-order valence-corrected chi connectivity index (χ1v) is 6.82. The zero-order chi connectivity index (χ0) is 15.4. The Bertz CT molecular complexity index is 804. The van der Waals surface area contributed by atoms with Crippen LogP contribution < -0.4 is 10.9 Å². The molecule has 2 amide bonds. The van der Waals surface area contributed by atoms with Crippen molar-refractivity contribution in [3.8, 4) is 0 Å². The first kappa shape index (κ1) is 13.9. The quantitative estimate of drug-likeness (QED) is 0.729. The molecule has 5 heteroatoms. The van der Waals surface area contributed by atoms with Crippen molar-refractivity contribution < 1.29 is 14.0 Å². The van der Waals surface area contributed by atoms with E-state index in [0.717, 1.165) is 16.3 Å². The molecular weight excluding hydrogens is 280 g/mol. The molecule has 1 aromatic heterocycles. The second-order valence-corrected chi connectivity index (χ2v) is 4.83. The van der Waals surface area contributed by atoms with Crippen LogP contribution in [0, 0.1) is 0 Å². The molecule has 0 aliphatic heterocycles. The van der Waals surface area contributed by atoms with Gasteiger partial charge in [0.15, 0.2) is 0 Å². The van der Waals surface area contributed by atoms with Gasteiger partial charge >= 0.3 is 0 Å². The fraction of sp³-hybridized carbons (Fsp3) is 0.0588. The van der Waals surface area contributed by atoms with Gasteiger partial charge in [0.2, 0.25) is 5.91 Å². The molecule has 0 saturated carbocycles. The Morgan fingerprint density at radius 2 is 1.77 bits per heavy atom. The van der Waals surface area contributed by atoms with Gasteiger partial charge in [-0.2, -0.15) is 0 Å². The van der Waals surface area contributed by atoms with Crippen LogP contribution >= 0.6 is 0 Å². The van der Waals surface area contributed by atoms with Gasteiger partial charge in [0.25, 0.3) is 5.91 Å². The third-order valence-corrected chi connectivity index (χ3v) is 3.33. The minimum atomic E-state index is -0.417. The highest BCUT2D eigenvalue weighted by Crippen LogP contribution is 2.18. The van der Waals surface area contributed by atoms with Crippen molar-refractivity contribution in [2.24, 2.45) is 0 Å². The van der Waals surface area contributed by atoms with Crippen LogP contribution in [0.4, 0.5) is 0 Å². The third kappa shape index (κ3) is 2.98. The zero-order valence-electron chi connectivity index (χ0n) is 11.7. The van der Waals surface area contributed by atoms with E-state index in [1.807, 2.05) is 42.5 Å². The fourth-order valence-electron chi connectivity index (χ4n) is 2.26. The molecule has 0 saturated heterocycles. The number of hydrogen-bond acceptors (Lipinski definition) is 3. The van der Waals surface area contributed by atoms with Crippen LogP contribution in [0.3, 0.4) is 0 Å². The van der Waals surface area contributed by atoms with Crippen molar-refractivity contribution >= 4 is 22.6 Å². The summed E-state index contributed by atoms with van der Waals surface area (Å²) in [6.45, 7) is 0. The standard InChI is InChI=1S/C17H14N2O3/c20-16(18-19-17(21)14-8-9-22-11-14)10-13-6-3-5-12-4-1-2-7-15(12)13/h1-9,11H,10H2,(H,18,20)(H,19,21). The van der Waals surface area contributed by atoms with Crippen LogP contribution in [-0.2, 0) is 11.2 Å². The van der Waals surface area contributed by atoms with Gasteiger partial charge in [-0.15, -0.1) is 0 Å². The molecule has 0 aliphatic rings. The van der Waals surface area contributed by atoms with Crippen LogP contribution in [0.25, 0.3) is 10.8 Å². The summed E-state index contributed by atoms with van der Waals surface area (Å²) in [6, 6.07) is 15.2. The first-order valence-electron chi connectivity index (χ1n) is 6.82. The first-order chi connectivity index (χ1) is 10.7. The van der Waals surface area contributed by atoms with E-state index in [9.17, 15) is 9.59 Å². The number of carbonyl (C=O) groups is 2. The lowest BCUT2D eigenvalue weighted by Crippen LogP contribution is -2.42. The largest absolute Gasteiger partial charge is 0.472 e. The highest BCUT2D eigenvalue weighted by Gasteiger charge is 2.10. The summed E-state index contributed by atoms with van der Waals surface area (Å²) in [4.78, 5) is 23.7. The lowest BCUT2D eigenvalue weighted by atomic mass is 10.0. The second-order valence-electron chi connectivity index (χ2n) is 4.83. The van der Waals surface area contributed by atoms with Crippen molar-refractivity contribution in [1.29, 1.82) is 0 Å². The van der Waals surface area contributed by atoms with Crippen molar-refractivity contribution in [2.75, 3.05) is 0 Å². The van der Waals surface area contributed by atoms with Gasteiger partial charge < -0.3 is 4.42 Å². The second kappa shape index (κ2) is 6.13. The summed E-state index contributed by atoms with van der Waals surface area (Å²) in [7, 11) is 0. The zero-order valence-corrected chi connectivity index (χ0v) is 11.7. The lowest BCUT2D eigenvalue weighted by Gasteiger charge is -2.08. The molecule has 0 bridgehead atoms. The average Bonchev–Trinajstić information content (AvgIpc) is 3.07. The molecule has 0 aliphatic carbocycles. The SMILES string of the molecule is O=C(Cc1cccc2ccccc12)NNC(=O)c1ccoc1. The fourth-order valence-corrected chi connectivity index (χ4v) is 2.26. The smallest absolute Gasteiger partial charge is 0.272 e. The molecule has 2 N–H and O–H groups in total. The summed E-state index contributed by atoms with van der Waals surface area (Å²) in [5.74, 6) is -0.701. The van der Waals surface area contributed by atoms with E-state index >= 15 is 0 Å². The van der Waals surface area contributed by atoms with Crippen molar-refractivity contribution in [1.82, 2.24) is 10.9 Å². The molecule has 22 heavy (non-hydrogen) atoms. The van der Waals surface area contributed by atoms with Gasteiger partial charge in [-0.25, -0.2) is 0 Å². The number of fused-ring (bicyclic) bond motifs is 1. The summed E-state index contributed by atoms with van der Waals surface area (Å²) in [5, 5.41) is 2.11. The van der Waals surface area contributed by atoms with Gasteiger partial charge in [-0.1, -0.05) is 42.5 Å². The van der Waals surface area contributed by atoms with E-state index in [2.05, 4.69) is 10.9 Å². The minimum Gasteiger partial charge on any atom is -0.472 e. The van der Waals surface area contributed by atoms with Gasteiger partial charge in [-0.05, 0) is 22.4 Å². The maximum atomic E-state index is 12.0. The number of hydrazine groups is 1. The highest BCUT2D eigenvalue weighted by atomic mass is 16.3. The molecule has 110 valence electrons. The molecule has 5 nitrogen and oxygen atoms in total. The predicted octanol–water partition coefficient (Wildman–Crippen LogP) is 2.44. The Morgan fingerprint density at radius 1 is 0.955 bits per heavy atom. The molecular formula is C17H14N2O3. The monoisotopic (exact) mass is 294 g/mol. The Morgan fingerprint density at radius 3 is 2.59 bits per heavy atom. The van der Waals surface area contributed by atoms with E-state index in [1.165, 1.54) is 18.6 Å². The van der Waals surface area contributed by atoms with Gasteiger partial charge in [0, 0.05) is 0 Å². The number of carbonyl (C=O) groups excluding carboxylic acids is 2. The Hall–Kier alpha value is -3.08. The summed E-state index contributed by atoms with van der Waals surface area (Å²) < 4.78 is 4.81. The maximum Gasteiger partial charge on any atom is 0.272 e. The van der Waals surface area contributed by atoms with E-state index in [-0.39, 0.29) is 12.3 Å². The van der Waals surface area contributed by atoms with Crippen LogP contribution in [0.5, 0.6) is 0 Å². The number of benzene rings is 2. The molecule has 0 spiro atoms. The Kier molecular flexibility index (Phi) is 3.87. The number of hydrogen-bond donors (Lipinski definition) is 2. The number of furan rings is 1. The van der Waals surface area contributed by atoms with Gasteiger partial charge in [0.1, 0.15) is 6.26 Å². The Balaban J connectivity index is 1.65. The molecule has 0 atom stereocenters. The highest BCUT2D eigenvalue weighted by molar-refractivity contribution is 5.95. The average molecular weight is 294 g/mol. The maximum absolute atomic E-state index is 12.0. The molecule has 2 aromatic carbocycles. The number of rotatable bonds is 3. The van der Waals surface area contributed by atoms with E-state index < -0.39 is 5.91 Å². The summed E-state index contributed by atoms with van der Waals surface area (Å²) in [5.41, 5.74) is 6.02. The van der Waals surface area contributed by atoms with Crippen LogP contribution in [-0.4, -0.2) is 11.8 Å². The van der Waals surface area contributed by atoms with Crippen LogP contribution in [0.15, 0.2) is 65.5 Å². The van der Waals surface area contributed by atoms with Gasteiger partial charge in [-0.3, -0.25) is 20.4 Å². The summed E-state index contributed by atoms with van der Waals surface area (Å²) in [6.07, 6.45) is 2.89. The van der Waals surface area contributed by atoms with Crippen molar-refractivity contribution in [2.45, 2.75) is 6.42 Å². The van der Waals surface area contributed by atoms with Crippen molar-refractivity contribution in [3.05, 3.63) is 72.2 Å². The van der Waals surface area contributed by atoms with E-state index in [4.69, 9.17) is 4.42 Å². The minimum absolute atomic E-state index is 0.188. The number of amides is 2. The van der Waals surface area contributed by atoms with Crippen molar-refractivity contribution in [3.63, 3.8) is 0 Å². The Labute approximate surface area is 126 Å². The molecule has 3 aromatic rings.